The SMILES string of the molecule is Cc1ccc(NS(=O)(=O)c2cc(N)c(F)cc2Cl)cc1O. The Bertz CT molecular complexity index is 809. The molecule has 0 amide bonds. The molecule has 0 aliphatic rings. The van der Waals surface area contributed by atoms with Crippen molar-refractivity contribution in [3.8, 4) is 5.75 Å². The van der Waals surface area contributed by atoms with Gasteiger partial charge in [-0.05, 0) is 30.7 Å². The van der Waals surface area contributed by atoms with Gasteiger partial charge in [-0.1, -0.05) is 17.7 Å². The number of hydrogen-bond acceptors (Lipinski definition) is 4. The summed E-state index contributed by atoms with van der Waals surface area (Å²) in [4.78, 5) is -0.344. The molecule has 5 nitrogen and oxygen atoms in total. The minimum absolute atomic E-state index is 0.0556. The standard InChI is InChI=1S/C13H12ClFN2O3S/c1-7-2-3-8(4-12(7)18)17-21(19,20)13-6-11(16)10(15)5-9(13)14/h2-6,17-18H,16H2,1H3. The number of benzene rings is 2. The molecule has 2 rings (SSSR count). The summed E-state index contributed by atoms with van der Waals surface area (Å²) in [6, 6.07) is 6.06. The van der Waals surface area contributed by atoms with Crippen LogP contribution in [0.3, 0.4) is 0 Å². The van der Waals surface area contributed by atoms with Crippen molar-refractivity contribution in [3.05, 3.63) is 46.7 Å². The second kappa shape index (κ2) is 5.42. The molecule has 0 atom stereocenters. The van der Waals surface area contributed by atoms with Crippen LogP contribution in [0.15, 0.2) is 35.2 Å². The Labute approximate surface area is 126 Å². The lowest BCUT2D eigenvalue weighted by molar-refractivity contribution is 0.471. The molecule has 0 aromatic heterocycles. The third-order valence-electron chi connectivity index (χ3n) is 2.80. The first-order valence-corrected chi connectivity index (χ1v) is 7.64. The smallest absolute Gasteiger partial charge is 0.263 e. The van der Waals surface area contributed by atoms with Gasteiger partial charge < -0.3 is 10.8 Å². The van der Waals surface area contributed by atoms with Gasteiger partial charge in [0.2, 0.25) is 0 Å². The predicted molar refractivity (Wildman–Crippen MR) is 79.5 cm³/mol. The molecule has 0 spiro atoms. The molecule has 0 heterocycles. The lowest BCUT2D eigenvalue weighted by Crippen LogP contribution is -2.14. The fraction of sp³-hybridized carbons (Fsp3) is 0.0769. The van der Waals surface area contributed by atoms with Gasteiger partial charge in [-0.25, -0.2) is 12.8 Å². The molecule has 8 heteroatoms. The number of phenols is 1. The van der Waals surface area contributed by atoms with E-state index in [4.69, 9.17) is 17.3 Å². The van der Waals surface area contributed by atoms with Crippen LogP contribution in [-0.4, -0.2) is 13.5 Å². The normalized spacial score (nSPS) is 11.4. The molecule has 0 bridgehead atoms. The lowest BCUT2D eigenvalue weighted by atomic mass is 10.2. The highest BCUT2D eigenvalue weighted by Crippen LogP contribution is 2.29. The van der Waals surface area contributed by atoms with Gasteiger partial charge in [-0.15, -0.1) is 0 Å². The number of aromatic hydroxyl groups is 1. The topological polar surface area (TPSA) is 92.4 Å². The molecule has 0 saturated carbocycles. The fourth-order valence-corrected chi connectivity index (χ4v) is 3.23. The van der Waals surface area contributed by atoms with Crippen molar-refractivity contribution in [1.29, 1.82) is 0 Å². The number of nitrogens with one attached hydrogen (secondary N) is 1. The Kier molecular flexibility index (Phi) is 3.97. The first kappa shape index (κ1) is 15.4. The fourth-order valence-electron chi connectivity index (χ4n) is 1.63. The van der Waals surface area contributed by atoms with Crippen molar-refractivity contribution in [2.45, 2.75) is 11.8 Å². The van der Waals surface area contributed by atoms with E-state index in [1.54, 1.807) is 13.0 Å². The molecule has 0 aliphatic carbocycles. The molecule has 0 saturated heterocycles. The molecule has 2 aromatic carbocycles. The molecule has 112 valence electrons. The van der Waals surface area contributed by atoms with Crippen LogP contribution in [-0.2, 0) is 10.0 Å². The predicted octanol–water partition coefficient (Wildman–Crippen LogP) is 2.88. The van der Waals surface area contributed by atoms with E-state index in [1.165, 1.54) is 12.1 Å². The number of nitrogen functional groups attached to an aromatic ring is 1. The Morgan fingerprint density at radius 2 is 1.95 bits per heavy atom. The summed E-state index contributed by atoms with van der Waals surface area (Å²) in [7, 11) is -4.05. The average Bonchev–Trinajstić information content (AvgIpc) is 2.37. The number of sulfonamides is 1. The van der Waals surface area contributed by atoms with Gasteiger partial charge in [0.25, 0.3) is 10.0 Å². The van der Waals surface area contributed by atoms with Crippen LogP contribution in [0.25, 0.3) is 0 Å². The van der Waals surface area contributed by atoms with E-state index < -0.39 is 15.8 Å². The second-order valence-electron chi connectivity index (χ2n) is 4.41. The molecule has 4 N–H and O–H groups in total. The highest BCUT2D eigenvalue weighted by molar-refractivity contribution is 7.92. The average molecular weight is 331 g/mol. The second-order valence-corrected chi connectivity index (χ2v) is 6.47. The summed E-state index contributed by atoms with van der Waals surface area (Å²) in [6.45, 7) is 1.67. The maximum atomic E-state index is 13.2. The third kappa shape index (κ3) is 3.20. The van der Waals surface area contributed by atoms with Crippen molar-refractivity contribution >= 4 is 33.0 Å². The van der Waals surface area contributed by atoms with Gasteiger partial charge in [0.15, 0.2) is 0 Å². The Morgan fingerprint density at radius 3 is 2.57 bits per heavy atom. The molecule has 0 fully saturated rings. The summed E-state index contributed by atoms with van der Waals surface area (Å²) in [5.41, 5.74) is 5.78. The molecule has 2 aromatic rings. The summed E-state index contributed by atoms with van der Waals surface area (Å²) < 4.78 is 39.9. The Morgan fingerprint density at radius 1 is 1.29 bits per heavy atom. The van der Waals surface area contributed by atoms with Crippen LogP contribution < -0.4 is 10.5 Å². The number of nitrogens with two attached hydrogens (primary N) is 1. The molecule has 21 heavy (non-hydrogen) atoms. The van der Waals surface area contributed by atoms with Gasteiger partial charge >= 0.3 is 0 Å². The van der Waals surface area contributed by atoms with Crippen LogP contribution in [0.4, 0.5) is 15.8 Å². The maximum Gasteiger partial charge on any atom is 0.263 e. The summed E-state index contributed by atoms with van der Waals surface area (Å²) in [5.74, 6) is -0.855. The van der Waals surface area contributed by atoms with E-state index in [9.17, 15) is 17.9 Å². The number of phenolic OH excluding ortho intramolecular Hbond substituents is 1. The quantitative estimate of drug-likeness (QED) is 0.754. The molecule has 0 radical (unpaired) electrons. The van der Waals surface area contributed by atoms with E-state index in [-0.39, 0.29) is 27.0 Å². The highest BCUT2D eigenvalue weighted by atomic mass is 35.5. The summed E-state index contributed by atoms with van der Waals surface area (Å²) in [6.07, 6.45) is 0. The van der Waals surface area contributed by atoms with E-state index in [1.807, 2.05) is 0 Å². The van der Waals surface area contributed by atoms with Crippen molar-refractivity contribution < 1.29 is 17.9 Å². The number of halogens is 2. The van der Waals surface area contributed by atoms with Gasteiger partial charge in [-0.2, -0.15) is 0 Å². The van der Waals surface area contributed by atoms with Crippen LogP contribution >= 0.6 is 11.6 Å². The zero-order valence-corrected chi connectivity index (χ0v) is 12.5. The van der Waals surface area contributed by atoms with Crippen LogP contribution in [0, 0.1) is 12.7 Å². The van der Waals surface area contributed by atoms with Crippen molar-refractivity contribution in [2.24, 2.45) is 0 Å². The van der Waals surface area contributed by atoms with E-state index in [2.05, 4.69) is 4.72 Å². The molecule has 0 unspecified atom stereocenters. The zero-order chi connectivity index (χ0) is 15.8. The molecular formula is C13H12ClFN2O3S. The maximum absolute atomic E-state index is 13.2. The Hall–Kier alpha value is -1.99. The number of hydrogen-bond donors (Lipinski definition) is 3. The van der Waals surface area contributed by atoms with Crippen molar-refractivity contribution in [1.82, 2.24) is 0 Å². The summed E-state index contributed by atoms with van der Waals surface area (Å²) >= 11 is 5.74. The molecule has 0 aliphatic heterocycles. The van der Waals surface area contributed by atoms with Gasteiger partial charge in [0, 0.05) is 6.07 Å². The third-order valence-corrected chi connectivity index (χ3v) is 4.65. The largest absolute Gasteiger partial charge is 0.508 e. The molecular weight excluding hydrogens is 319 g/mol. The number of rotatable bonds is 3. The number of anilines is 2. The van der Waals surface area contributed by atoms with E-state index >= 15 is 0 Å². The Balaban J connectivity index is 2.43. The first-order chi connectivity index (χ1) is 9.70. The van der Waals surface area contributed by atoms with E-state index in [0.29, 0.717) is 5.56 Å². The van der Waals surface area contributed by atoms with Crippen molar-refractivity contribution in [2.75, 3.05) is 10.5 Å². The van der Waals surface area contributed by atoms with Gasteiger partial charge in [-0.3, -0.25) is 4.72 Å². The van der Waals surface area contributed by atoms with Crippen LogP contribution in [0.1, 0.15) is 5.56 Å². The summed E-state index contributed by atoms with van der Waals surface area (Å²) in [5, 5.41) is 9.29. The number of aryl methyl sites for hydroxylation is 1. The van der Waals surface area contributed by atoms with Crippen molar-refractivity contribution in [3.63, 3.8) is 0 Å². The van der Waals surface area contributed by atoms with E-state index in [0.717, 1.165) is 12.1 Å². The minimum Gasteiger partial charge on any atom is -0.508 e. The highest BCUT2D eigenvalue weighted by Gasteiger charge is 2.20. The lowest BCUT2D eigenvalue weighted by Gasteiger charge is -2.11. The first-order valence-electron chi connectivity index (χ1n) is 5.77. The zero-order valence-electron chi connectivity index (χ0n) is 10.9. The van der Waals surface area contributed by atoms with Gasteiger partial charge in [0.05, 0.1) is 16.4 Å². The van der Waals surface area contributed by atoms with Gasteiger partial charge in [0.1, 0.15) is 16.5 Å². The monoisotopic (exact) mass is 330 g/mol. The van der Waals surface area contributed by atoms with Crippen LogP contribution in [0.2, 0.25) is 5.02 Å². The van der Waals surface area contributed by atoms with Crippen LogP contribution in [0.5, 0.6) is 5.75 Å². The minimum atomic E-state index is -4.05.